The molecule has 17 heavy (non-hydrogen) atoms. The number of ether oxygens (including phenoxy) is 1. The number of hydrogen-bond acceptors (Lipinski definition) is 5. The number of esters is 1. The van der Waals surface area contributed by atoms with E-state index in [1.54, 1.807) is 20.8 Å². The van der Waals surface area contributed by atoms with Gasteiger partial charge in [0.15, 0.2) is 0 Å². The van der Waals surface area contributed by atoms with E-state index in [2.05, 4.69) is 15.0 Å². The summed E-state index contributed by atoms with van der Waals surface area (Å²) in [6, 6.07) is -0.396. The second-order valence-corrected chi connectivity index (χ2v) is 4.40. The summed E-state index contributed by atoms with van der Waals surface area (Å²) in [5.74, 6) is -0.474. The number of anilines is 1. The summed E-state index contributed by atoms with van der Waals surface area (Å²) < 4.78 is 9.12. The molecule has 0 aromatic carbocycles. The van der Waals surface area contributed by atoms with E-state index in [-0.39, 0.29) is 6.10 Å². The Morgan fingerprint density at radius 3 is 2.59 bits per heavy atom. The van der Waals surface area contributed by atoms with E-state index < -0.39 is 12.0 Å². The van der Waals surface area contributed by atoms with Gasteiger partial charge in [0.1, 0.15) is 10.6 Å². The number of amides is 2. The van der Waals surface area contributed by atoms with Crippen molar-refractivity contribution in [3.63, 3.8) is 0 Å². The quantitative estimate of drug-likeness (QED) is 0.809. The van der Waals surface area contributed by atoms with Crippen molar-refractivity contribution < 1.29 is 14.3 Å². The van der Waals surface area contributed by atoms with Gasteiger partial charge in [-0.3, -0.25) is 5.32 Å². The van der Waals surface area contributed by atoms with Crippen LogP contribution in [0.2, 0.25) is 0 Å². The SMILES string of the molecule is CNC(=O)Nc1snc(C)c1C(=O)OC(C)C. The summed E-state index contributed by atoms with van der Waals surface area (Å²) in [4.78, 5) is 23.0. The summed E-state index contributed by atoms with van der Waals surface area (Å²) in [6.45, 7) is 5.22. The van der Waals surface area contributed by atoms with Gasteiger partial charge >= 0.3 is 12.0 Å². The van der Waals surface area contributed by atoms with Gasteiger partial charge in [0, 0.05) is 7.05 Å². The van der Waals surface area contributed by atoms with Crippen molar-refractivity contribution in [3.8, 4) is 0 Å². The van der Waals surface area contributed by atoms with Crippen LogP contribution in [0.5, 0.6) is 0 Å². The Balaban J connectivity index is 2.93. The molecular formula is C10H15N3O3S. The monoisotopic (exact) mass is 257 g/mol. The van der Waals surface area contributed by atoms with Crippen LogP contribution in [-0.2, 0) is 4.74 Å². The van der Waals surface area contributed by atoms with Gasteiger partial charge in [0.25, 0.3) is 0 Å². The third kappa shape index (κ3) is 3.42. The van der Waals surface area contributed by atoms with Gasteiger partial charge in [-0.1, -0.05) is 0 Å². The lowest BCUT2D eigenvalue weighted by Gasteiger charge is -2.09. The second-order valence-electron chi connectivity index (χ2n) is 3.63. The lowest BCUT2D eigenvalue weighted by Crippen LogP contribution is -2.25. The van der Waals surface area contributed by atoms with Crippen molar-refractivity contribution in [1.82, 2.24) is 9.69 Å². The smallest absolute Gasteiger partial charge is 0.343 e. The number of carbonyl (C=O) groups excluding carboxylic acids is 2. The van der Waals surface area contributed by atoms with Crippen molar-refractivity contribution in [1.29, 1.82) is 0 Å². The molecule has 1 heterocycles. The van der Waals surface area contributed by atoms with Gasteiger partial charge in [0.05, 0.1) is 11.8 Å². The van der Waals surface area contributed by atoms with Crippen LogP contribution in [0.15, 0.2) is 0 Å². The highest BCUT2D eigenvalue weighted by atomic mass is 32.1. The average molecular weight is 257 g/mol. The minimum atomic E-state index is -0.474. The topological polar surface area (TPSA) is 80.3 Å². The molecule has 0 spiro atoms. The van der Waals surface area contributed by atoms with E-state index in [1.165, 1.54) is 7.05 Å². The number of aryl methyl sites for hydroxylation is 1. The Hall–Kier alpha value is -1.63. The number of aromatic nitrogens is 1. The predicted molar refractivity (Wildman–Crippen MR) is 65.5 cm³/mol. The maximum Gasteiger partial charge on any atom is 0.343 e. The summed E-state index contributed by atoms with van der Waals surface area (Å²) in [5.41, 5.74) is 0.861. The van der Waals surface area contributed by atoms with E-state index in [4.69, 9.17) is 4.74 Å². The van der Waals surface area contributed by atoms with Crippen molar-refractivity contribution >= 4 is 28.5 Å². The van der Waals surface area contributed by atoms with Crippen molar-refractivity contribution in [3.05, 3.63) is 11.3 Å². The van der Waals surface area contributed by atoms with Gasteiger partial charge in [-0.25, -0.2) is 9.59 Å². The number of hydrogen-bond donors (Lipinski definition) is 2. The first kappa shape index (κ1) is 13.4. The molecule has 0 saturated carbocycles. The number of carbonyl (C=O) groups is 2. The molecule has 0 saturated heterocycles. The molecule has 0 atom stereocenters. The van der Waals surface area contributed by atoms with Crippen LogP contribution in [0, 0.1) is 6.92 Å². The highest BCUT2D eigenvalue weighted by molar-refractivity contribution is 7.11. The molecule has 6 nitrogen and oxygen atoms in total. The summed E-state index contributed by atoms with van der Waals surface area (Å²) in [7, 11) is 1.50. The Labute approximate surface area is 104 Å². The van der Waals surface area contributed by atoms with Crippen LogP contribution in [0.25, 0.3) is 0 Å². The largest absolute Gasteiger partial charge is 0.459 e. The fourth-order valence-electron chi connectivity index (χ4n) is 1.13. The Morgan fingerprint density at radius 2 is 2.06 bits per heavy atom. The van der Waals surface area contributed by atoms with Gasteiger partial charge in [-0.05, 0) is 32.3 Å². The highest BCUT2D eigenvalue weighted by Gasteiger charge is 2.21. The molecule has 0 fully saturated rings. The van der Waals surface area contributed by atoms with Gasteiger partial charge in [-0.2, -0.15) is 4.37 Å². The third-order valence-electron chi connectivity index (χ3n) is 1.86. The molecule has 1 aromatic rings. The Morgan fingerprint density at radius 1 is 1.41 bits per heavy atom. The predicted octanol–water partition coefficient (Wildman–Crippen LogP) is 1.77. The highest BCUT2D eigenvalue weighted by Crippen LogP contribution is 2.25. The fourth-order valence-corrected chi connectivity index (χ4v) is 1.91. The molecule has 0 radical (unpaired) electrons. The Bertz CT molecular complexity index is 428. The zero-order valence-electron chi connectivity index (χ0n) is 10.2. The summed E-state index contributed by atoms with van der Waals surface area (Å²) in [5, 5.41) is 5.34. The van der Waals surface area contributed by atoms with Crippen LogP contribution < -0.4 is 10.6 Å². The minimum absolute atomic E-state index is 0.213. The first-order chi connectivity index (χ1) is 7.95. The molecule has 0 aliphatic heterocycles. The molecule has 2 amide bonds. The van der Waals surface area contributed by atoms with Crippen molar-refractivity contribution in [2.75, 3.05) is 12.4 Å². The molecule has 7 heteroatoms. The molecule has 1 aromatic heterocycles. The third-order valence-corrected chi connectivity index (χ3v) is 2.72. The normalized spacial score (nSPS) is 10.2. The molecule has 94 valence electrons. The van der Waals surface area contributed by atoms with Crippen molar-refractivity contribution in [2.24, 2.45) is 0 Å². The molecule has 0 unspecified atom stereocenters. The van der Waals surface area contributed by atoms with Gasteiger partial charge < -0.3 is 10.1 Å². The fraction of sp³-hybridized carbons (Fsp3) is 0.500. The molecule has 1 rings (SSSR count). The maximum atomic E-state index is 11.8. The zero-order chi connectivity index (χ0) is 13.0. The van der Waals surface area contributed by atoms with Crippen LogP contribution in [0.4, 0.5) is 9.80 Å². The van der Waals surface area contributed by atoms with Crippen molar-refractivity contribution in [2.45, 2.75) is 26.9 Å². The molecular weight excluding hydrogens is 242 g/mol. The lowest BCUT2D eigenvalue weighted by molar-refractivity contribution is 0.0378. The first-order valence-corrected chi connectivity index (χ1v) is 5.89. The van der Waals surface area contributed by atoms with Crippen LogP contribution in [0.3, 0.4) is 0 Å². The Kier molecular flexibility index (Phi) is 4.45. The van der Waals surface area contributed by atoms with E-state index in [0.29, 0.717) is 16.3 Å². The number of nitrogens with zero attached hydrogens (tertiary/aromatic N) is 1. The standard InChI is InChI=1S/C10H15N3O3S/c1-5(2)16-9(14)7-6(3)13-17-8(7)12-10(15)11-4/h5H,1-4H3,(H2,11,12,15). The van der Waals surface area contributed by atoms with Crippen LogP contribution in [-0.4, -0.2) is 29.5 Å². The van der Waals surface area contributed by atoms with E-state index in [9.17, 15) is 9.59 Å². The molecule has 2 N–H and O–H groups in total. The zero-order valence-corrected chi connectivity index (χ0v) is 11.0. The van der Waals surface area contributed by atoms with Gasteiger partial charge in [-0.15, -0.1) is 0 Å². The first-order valence-electron chi connectivity index (χ1n) is 5.11. The number of urea groups is 1. The van der Waals surface area contributed by atoms with Crippen LogP contribution in [0.1, 0.15) is 29.9 Å². The molecule has 0 aliphatic carbocycles. The molecule has 0 aliphatic rings. The number of rotatable bonds is 3. The van der Waals surface area contributed by atoms with Crippen LogP contribution >= 0.6 is 11.5 Å². The van der Waals surface area contributed by atoms with E-state index in [0.717, 1.165) is 11.5 Å². The van der Waals surface area contributed by atoms with E-state index >= 15 is 0 Å². The maximum absolute atomic E-state index is 11.8. The van der Waals surface area contributed by atoms with Gasteiger partial charge in [0.2, 0.25) is 0 Å². The second kappa shape index (κ2) is 5.62. The summed E-state index contributed by atoms with van der Waals surface area (Å²) in [6.07, 6.45) is -0.213. The molecule has 0 bridgehead atoms. The summed E-state index contributed by atoms with van der Waals surface area (Å²) >= 11 is 1.05. The minimum Gasteiger partial charge on any atom is -0.459 e. The average Bonchev–Trinajstić information content (AvgIpc) is 2.58. The van der Waals surface area contributed by atoms with E-state index in [1.807, 2.05) is 0 Å². The lowest BCUT2D eigenvalue weighted by atomic mass is 10.2. The number of nitrogens with one attached hydrogen (secondary N) is 2.